The second kappa shape index (κ2) is 7.93. The van der Waals surface area contributed by atoms with Gasteiger partial charge in [0.25, 0.3) is 0 Å². The molecule has 0 amide bonds. The summed E-state index contributed by atoms with van der Waals surface area (Å²) in [6.07, 6.45) is 4.23. The molecule has 5 nitrogen and oxygen atoms in total. The van der Waals surface area contributed by atoms with Gasteiger partial charge in [-0.1, -0.05) is 29.8 Å². The van der Waals surface area contributed by atoms with Crippen molar-refractivity contribution in [3.05, 3.63) is 52.8 Å². The molecule has 1 saturated heterocycles. The second-order valence-electron chi connectivity index (χ2n) is 6.02. The molecule has 2 aromatic rings. The Kier molecular flexibility index (Phi) is 5.67. The van der Waals surface area contributed by atoms with E-state index in [2.05, 4.69) is 28.6 Å². The molecule has 1 fully saturated rings. The van der Waals surface area contributed by atoms with Crippen molar-refractivity contribution in [3.63, 3.8) is 0 Å². The van der Waals surface area contributed by atoms with Gasteiger partial charge in [0.05, 0.1) is 25.5 Å². The third-order valence-corrected chi connectivity index (χ3v) is 4.39. The summed E-state index contributed by atoms with van der Waals surface area (Å²) in [5.41, 5.74) is 2.25. The Hall–Kier alpha value is -1.40. The van der Waals surface area contributed by atoms with Gasteiger partial charge in [-0.3, -0.25) is 4.68 Å². The van der Waals surface area contributed by atoms with E-state index in [4.69, 9.17) is 16.3 Å². The summed E-state index contributed by atoms with van der Waals surface area (Å²) in [5.74, 6) is 0. The van der Waals surface area contributed by atoms with Crippen LogP contribution in [0.25, 0.3) is 0 Å². The van der Waals surface area contributed by atoms with Crippen LogP contribution in [0.15, 0.2) is 36.7 Å². The van der Waals surface area contributed by atoms with E-state index in [-0.39, 0.29) is 6.10 Å². The van der Waals surface area contributed by atoms with Crippen molar-refractivity contribution in [2.45, 2.75) is 19.2 Å². The minimum atomic E-state index is 0.270. The number of rotatable bonds is 6. The van der Waals surface area contributed by atoms with Gasteiger partial charge in [0, 0.05) is 43.0 Å². The molecule has 1 aliphatic heterocycles. The summed E-state index contributed by atoms with van der Waals surface area (Å²) in [6.45, 7) is 5.17. The fourth-order valence-electron chi connectivity index (χ4n) is 2.75. The maximum Gasteiger partial charge on any atom is 0.0826 e. The van der Waals surface area contributed by atoms with Crippen molar-refractivity contribution in [2.75, 3.05) is 33.3 Å². The van der Waals surface area contributed by atoms with E-state index in [1.165, 1.54) is 5.56 Å². The number of morpholine rings is 1. The molecule has 2 heterocycles. The molecule has 3 rings (SSSR count). The van der Waals surface area contributed by atoms with E-state index in [0.29, 0.717) is 6.54 Å². The highest BCUT2D eigenvalue weighted by atomic mass is 35.5. The van der Waals surface area contributed by atoms with E-state index >= 15 is 0 Å². The van der Waals surface area contributed by atoms with Gasteiger partial charge >= 0.3 is 0 Å². The lowest BCUT2D eigenvalue weighted by molar-refractivity contribution is -0.0182. The fourth-order valence-corrected chi connectivity index (χ4v) is 2.95. The molecule has 23 heavy (non-hydrogen) atoms. The quantitative estimate of drug-likeness (QED) is 0.877. The summed E-state index contributed by atoms with van der Waals surface area (Å²) < 4.78 is 7.66. The Bertz CT molecular complexity index is 631. The monoisotopic (exact) mass is 334 g/mol. The normalized spacial score (nSPS) is 19.1. The average Bonchev–Trinajstić information content (AvgIpc) is 2.97. The largest absolute Gasteiger partial charge is 0.374 e. The summed E-state index contributed by atoms with van der Waals surface area (Å²) >= 11 is 6.19. The maximum absolute atomic E-state index is 6.19. The molecule has 0 bridgehead atoms. The van der Waals surface area contributed by atoms with Gasteiger partial charge in [-0.05, 0) is 18.7 Å². The first kappa shape index (κ1) is 16.5. The lowest BCUT2D eigenvalue weighted by Gasteiger charge is -2.30. The van der Waals surface area contributed by atoms with Crippen molar-refractivity contribution >= 4 is 11.6 Å². The van der Waals surface area contributed by atoms with Gasteiger partial charge < -0.3 is 15.0 Å². The maximum atomic E-state index is 6.19. The first-order valence-electron chi connectivity index (χ1n) is 7.96. The summed E-state index contributed by atoms with van der Waals surface area (Å²) in [4.78, 5) is 2.30. The first-order chi connectivity index (χ1) is 11.2. The molecule has 1 aromatic heterocycles. The minimum Gasteiger partial charge on any atom is -0.374 e. The van der Waals surface area contributed by atoms with Crippen LogP contribution in [0.4, 0.5) is 0 Å². The van der Waals surface area contributed by atoms with E-state index < -0.39 is 0 Å². The smallest absolute Gasteiger partial charge is 0.0826 e. The number of ether oxygens (including phenoxy) is 1. The van der Waals surface area contributed by atoms with Gasteiger partial charge in [-0.2, -0.15) is 5.10 Å². The Morgan fingerprint density at radius 2 is 2.26 bits per heavy atom. The van der Waals surface area contributed by atoms with Crippen LogP contribution in [-0.2, 0) is 17.8 Å². The van der Waals surface area contributed by atoms with Crippen LogP contribution in [0.1, 0.15) is 11.1 Å². The Morgan fingerprint density at radius 3 is 3.09 bits per heavy atom. The van der Waals surface area contributed by atoms with Crippen LogP contribution in [0.3, 0.4) is 0 Å². The molecule has 1 aliphatic rings. The molecule has 0 saturated carbocycles. The third-order valence-electron chi connectivity index (χ3n) is 4.02. The number of hydrogen-bond donors (Lipinski definition) is 1. The zero-order chi connectivity index (χ0) is 16.1. The molecule has 1 atom stereocenters. The highest BCUT2D eigenvalue weighted by Crippen LogP contribution is 2.16. The van der Waals surface area contributed by atoms with Crippen molar-refractivity contribution in [3.8, 4) is 0 Å². The SMILES string of the molecule is CN1CCO[C@@H](CNCc2cnn(Cc3ccccc3Cl)c2)C1. The lowest BCUT2D eigenvalue weighted by Crippen LogP contribution is -2.44. The van der Waals surface area contributed by atoms with Crippen LogP contribution in [0.2, 0.25) is 5.02 Å². The van der Waals surface area contributed by atoms with Crippen molar-refractivity contribution in [1.82, 2.24) is 20.0 Å². The number of hydrogen-bond acceptors (Lipinski definition) is 4. The van der Waals surface area contributed by atoms with Crippen molar-refractivity contribution in [2.24, 2.45) is 0 Å². The average molecular weight is 335 g/mol. The molecule has 0 radical (unpaired) electrons. The van der Waals surface area contributed by atoms with Crippen LogP contribution < -0.4 is 5.32 Å². The van der Waals surface area contributed by atoms with Gasteiger partial charge in [0.2, 0.25) is 0 Å². The minimum absolute atomic E-state index is 0.270. The number of benzene rings is 1. The molecular weight excluding hydrogens is 312 g/mol. The van der Waals surface area contributed by atoms with Gasteiger partial charge in [0.1, 0.15) is 0 Å². The molecule has 0 unspecified atom stereocenters. The first-order valence-corrected chi connectivity index (χ1v) is 8.34. The summed E-state index contributed by atoms with van der Waals surface area (Å²) in [7, 11) is 2.13. The molecule has 1 N–H and O–H groups in total. The van der Waals surface area contributed by atoms with Crippen LogP contribution >= 0.6 is 11.6 Å². The molecular formula is C17H23ClN4O. The summed E-state index contributed by atoms with van der Waals surface area (Å²) in [6, 6.07) is 7.87. The van der Waals surface area contributed by atoms with Gasteiger partial charge in [0.15, 0.2) is 0 Å². The summed E-state index contributed by atoms with van der Waals surface area (Å²) in [5, 5.41) is 8.64. The number of nitrogens with zero attached hydrogens (tertiary/aromatic N) is 3. The number of halogens is 1. The van der Waals surface area contributed by atoms with Gasteiger partial charge in [-0.15, -0.1) is 0 Å². The zero-order valence-corrected chi connectivity index (χ0v) is 14.2. The highest BCUT2D eigenvalue weighted by Gasteiger charge is 2.16. The van der Waals surface area contributed by atoms with Crippen molar-refractivity contribution < 1.29 is 4.74 Å². The lowest BCUT2D eigenvalue weighted by atomic mass is 10.2. The third kappa shape index (κ3) is 4.78. The topological polar surface area (TPSA) is 42.3 Å². The molecule has 6 heteroatoms. The number of nitrogens with one attached hydrogen (secondary N) is 1. The van der Waals surface area contributed by atoms with E-state index in [9.17, 15) is 0 Å². The Labute approximate surface area is 142 Å². The zero-order valence-electron chi connectivity index (χ0n) is 13.4. The molecule has 0 aliphatic carbocycles. The van der Waals surface area contributed by atoms with Crippen LogP contribution in [-0.4, -0.2) is 54.1 Å². The Morgan fingerprint density at radius 1 is 1.39 bits per heavy atom. The fraction of sp³-hybridized carbons (Fsp3) is 0.471. The molecule has 0 spiro atoms. The number of likely N-dealkylation sites (N-methyl/N-ethyl adjacent to an activating group) is 1. The predicted octanol–water partition coefficient (Wildman–Crippen LogP) is 2.00. The van der Waals surface area contributed by atoms with Crippen molar-refractivity contribution in [1.29, 1.82) is 0 Å². The van der Waals surface area contributed by atoms with Crippen LogP contribution in [0, 0.1) is 0 Å². The predicted molar refractivity (Wildman–Crippen MR) is 91.7 cm³/mol. The van der Waals surface area contributed by atoms with Gasteiger partial charge in [-0.25, -0.2) is 0 Å². The van der Waals surface area contributed by atoms with E-state index in [1.807, 2.05) is 35.1 Å². The van der Waals surface area contributed by atoms with E-state index in [0.717, 1.165) is 43.4 Å². The highest BCUT2D eigenvalue weighted by molar-refractivity contribution is 6.31. The number of aromatic nitrogens is 2. The Balaban J connectivity index is 1.47. The molecule has 124 valence electrons. The van der Waals surface area contributed by atoms with Crippen LogP contribution in [0.5, 0.6) is 0 Å². The van der Waals surface area contributed by atoms with E-state index in [1.54, 1.807) is 0 Å². The molecule has 1 aromatic carbocycles. The standard InChI is InChI=1S/C17H23ClN4O/c1-21-6-7-23-16(13-21)10-19-8-14-9-20-22(11-14)12-15-4-2-3-5-17(15)18/h2-5,9,11,16,19H,6-8,10,12-13H2,1H3/t16-/m0/s1. The second-order valence-corrected chi connectivity index (χ2v) is 6.43.